The monoisotopic (exact) mass is 438 g/mol. The van der Waals surface area contributed by atoms with E-state index < -0.39 is 11.6 Å². The first kappa shape index (κ1) is 22.3. The standard InChI is InChI=1S/C26H28F2N2O2/c1-3-16(12-24(31)19-8-9-25(32-2)30-15-19)17-4-6-18(7-5-17)21-10-11-29-26-22(21)13-20(27)14-23(26)28/h8-11,13-18H,3-7,12H2,1-2H3/t16-,17?,18?/m0/s1. The van der Waals surface area contributed by atoms with Crippen LogP contribution in [0.1, 0.15) is 67.3 Å². The number of methoxy groups -OCH3 is 1. The largest absolute Gasteiger partial charge is 0.481 e. The van der Waals surface area contributed by atoms with Crippen molar-refractivity contribution in [3.05, 3.63) is 65.5 Å². The molecule has 0 radical (unpaired) electrons. The number of rotatable bonds is 7. The van der Waals surface area contributed by atoms with Crippen molar-refractivity contribution in [2.45, 2.75) is 51.4 Å². The highest BCUT2D eigenvalue weighted by molar-refractivity contribution is 5.96. The van der Waals surface area contributed by atoms with Crippen molar-refractivity contribution < 1.29 is 18.3 Å². The molecule has 4 rings (SSSR count). The van der Waals surface area contributed by atoms with Gasteiger partial charge in [0.25, 0.3) is 0 Å². The van der Waals surface area contributed by atoms with Gasteiger partial charge < -0.3 is 4.74 Å². The zero-order valence-electron chi connectivity index (χ0n) is 18.5. The van der Waals surface area contributed by atoms with E-state index in [1.165, 1.54) is 6.07 Å². The molecule has 2 aromatic heterocycles. The quantitative estimate of drug-likeness (QED) is 0.396. The Labute approximate surface area is 187 Å². The van der Waals surface area contributed by atoms with Crippen molar-refractivity contribution in [2.24, 2.45) is 11.8 Å². The van der Waals surface area contributed by atoms with Crippen LogP contribution in [0.15, 0.2) is 42.7 Å². The third-order valence-electron chi connectivity index (χ3n) is 6.91. The molecule has 0 bridgehead atoms. The van der Waals surface area contributed by atoms with E-state index in [-0.39, 0.29) is 17.2 Å². The van der Waals surface area contributed by atoms with Gasteiger partial charge in [0, 0.05) is 41.9 Å². The average molecular weight is 439 g/mol. The number of Topliss-reactive ketones (excluding diaryl/α,β-unsaturated/α-hetero) is 1. The van der Waals surface area contributed by atoms with E-state index >= 15 is 0 Å². The van der Waals surface area contributed by atoms with E-state index in [2.05, 4.69) is 16.9 Å². The number of nitrogens with zero attached hydrogens (tertiary/aromatic N) is 2. The molecule has 0 unspecified atom stereocenters. The van der Waals surface area contributed by atoms with E-state index in [9.17, 15) is 13.6 Å². The minimum atomic E-state index is -0.617. The molecule has 0 saturated heterocycles. The van der Waals surface area contributed by atoms with Gasteiger partial charge in [-0.1, -0.05) is 13.3 Å². The summed E-state index contributed by atoms with van der Waals surface area (Å²) in [5.41, 5.74) is 1.82. The molecular formula is C26H28F2N2O2. The van der Waals surface area contributed by atoms with Crippen LogP contribution in [0.3, 0.4) is 0 Å². The van der Waals surface area contributed by atoms with E-state index in [0.29, 0.717) is 35.1 Å². The molecule has 1 aliphatic carbocycles. The van der Waals surface area contributed by atoms with Gasteiger partial charge in [-0.15, -0.1) is 0 Å². The highest BCUT2D eigenvalue weighted by atomic mass is 19.1. The Balaban J connectivity index is 1.43. The molecule has 1 aliphatic rings. The highest BCUT2D eigenvalue weighted by Crippen LogP contribution is 2.42. The number of hydrogen-bond acceptors (Lipinski definition) is 4. The van der Waals surface area contributed by atoms with Crippen LogP contribution in [0.5, 0.6) is 5.88 Å². The lowest BCUT2D eigenvalue weighted by Crippen LogP contribution is -2.23. The van der Waals surface area contributed by atoms with Crippen molar-refractivity contribution in [1.82, 2.24) is 9.97 Å². The molecule has 4 nitrogen and oxygen atoms in total. The molecule has 2 heterocycles. The maximum Gasteiger partial charge on any atom is 0.212 e. The molecule has 1 aromatic carbocycles. The molecule has 168 valence electrons. The number of aromatic nitrogens is 2. The zero-order chi connectivity index (χ0) is 22.7. The first-order valence-electron chi connectivity index (χ1n) is 11.3. The van der Waals surface area contributed by atoms with Gasteiger partial charge in [0.15, 0.2) is 11.6 Å². The summed E-state index contributed by atoms with van der Waals surface area (Å²) in [5.74, 6) is 0.443. The van der Waals surface area contributed by atoms with Crippen LogP contribution in [0.2, 0.25) is 0 Å². The Morgan fingerprint density at radius 2 is 1.91 bits per heavy atom. The van der Waals surface area contributed by atoms with Crippen molar-refractivity contribution in [3.63, 3.8) is 0 Å². The summed E-state index contributed by atoms with van der Waals surface area (Å²) >= 11 is 0. The third-order valence-corrected chi connectivity index (χ3v) is 6.91. The van der Waals surface area contributed by atoms with Gasteiger partial charge in [-0.05, 0) is 67.2 Å². The van der Waals surface area contributed by atoms with Crippen LogP contribution < -0.4 is 4.74 Å². The van der Waals surface area contributed by atoms with Gasteiger partial charge in [0.2, 0.25) is 5.88 Å². The zero-order valence-corrected chi connectivity index (χ0v) is 18.5. The van der Waals surface area contributed by atoms with Crippen molar-refractivity contribution >= 4 is 16.7 Å². The second-order valence-corrected chi connectivity index (χ2v) is 8.68. The third kappa shape index (κ3) is 4.64. The summed E-state index contributed by atoms with van der Waals surface area (Å²) in [6.45, 7) is 2.14. The Kier molecular flexibility index (Phi) is 6.77. The number of ether oxygens (including phenoxy) is 1. The van der Waals surface area contributed by atoms with Crippen LogP contribution in [-0.4, -0.2) is 22.9 Å². The Hall–Kier alpha value is -2.89. The van der Waals surface area contributed by atoms with Gasteiger partial charge in [-0.25, -0.2) is 13.8 Å². The first-order valence-corrected chi connectivity index (χ1v) is 11.3. The molecule has 0 spiro atoms. The lowest BCUT2D eigenvalue weighted by Gasteiger charge is -2.34. The smallest absolute Gasteiger partial charge is 0.212 e. The van der Waals surface area contributed by atoms with E-state index in [4.69, 9.17) is 4.74 Å². The molecule has 32 heavy (non-hydrogen) atoms. The van der Waals surface area contributed by atoms with Gasteiger partial charge in [0.1, 0.15) is 11.3 Å². The van der Waals surface area contributed by atoms with Crippen molar-refractivity contribution in [3.8, 4) is 5.88 Å². The van der Waals surface area contributed by atoms with E-state index in [1.54, 1.807) is 31.6 Å². The molecule has 0 amide bonds. The maximum absolute atomic E-state index is 14.2. The summed E-state index contributed by atoms with van der Waals surface area (Å²) < 4.78 is 33.1. The normalized spacial score (nSPS) is 19.6. The Bertz CT molecular complexity index is 1090. The summed E-state index contributed by atoms with van der Waals surface area (Å²) in [6.07, 6.45) is 8.53. The summed E-state index contributed by atoms with van der Waals surface area (Å²) in [7, 11) is 1.55. The fourth-order valence-electron chi connectivity index (χ4n) is 5.12. The molecule has 0 N–H and O–H groups in total. The van der Waals surface area contributed by atoms with Crippen LogP contribution in [-0.2, 0) is 0 Å². The minimum absolute atomic E-state index is 0.111. The molecule has 0 aliphatic heterocycles. The number of benzene rings is 1. The second kappa shape index (κ2) is 9.72. The van der Waals surface area contributed by atoms with E-state index in [1.807, 2.05) is 6.07 Å². The Morgan fingerprint density at radius 3 is 2.56 bits per heavy atom. The van der Waals surface area contributed by atoms with Crippen molar-refractivity contribution in [1.29, 1.82) is 0 Å². The van der Waals surface area contributed by atoms with Crippen LogP contribution in [0.25, 0.3) is 10.9 Å². The lowest BCUT2D eigenvalue weighted by atomic mass is 9.71. The molecule has 1 fully saturated rings. The predicted molar refractivity (Wildman–Crippen MR) is 120 cm³/mol. The number of fused-ring (bicyclic) bond motifs is 1. The maximum atomic E-state index is 14.2. The topological polar surface area (TPSA) is 52.1 Å². The summed E-state index contributed by atoms with van der Waals surface area (Å²) in [6, 6.07) is 7.65. The van der Waals surface area contributed by atoms with Gasteiger partial charge in [-0.2, -0.15) is 0 Å². The van der Waals surface area contributed by atoms with Gasteiger partial charge >= 0.3 is 0 Å². The highest BCUT2D eigenvalue weighted by Gasteiger charge is 2.30. The molecular weight excluding hydrogens is 410 g/mol. The predicted octanol–water partition coefficient (Wildman–Crippen LogP) is 6.49. The second-order valence-electron chi connectivity index (χ2n) is 8.68. The number of carbonyl (C=O) groups excluding carboxylic acids is 1. The van der Waals surface area contributed by atoms with Crippen LogP contribution in [0, 0.1) is 23.5 Å². The molecule has 3 aromatic rings. The first-order chi connectivity index (χ1) is 15.5. The average Bonchev–Trinajstić information content (AvgIpc) is 2.82. The molecule has 6 heteroatoms. The fourth-order valence-corrected chi connectivity index (χ4v) is 5.12. The minimum Gasteiger partial charge on any atom is -0.481 e. The number of hydrogen-bond donors (Lipinski definition) is 0. The molecule has 1 saturated carbocycles. The van der Waals surface area contributed by atoms with Crippen LogP contribution >= 0.6 is 0 Å². The molecule has 1 atom stereocenters. The fraction of sp³-hybridized carbons (Fsp3) is 0.423. The number of halogens is 2. The Morgan fingerprint density at radius 1 is 1.12 bits per heavy atom. The van der Waals surface area contributed by atoms with E-state index in [0.717, 1.165) is 43.7 Å². The van der Waals surface area contributed by atoms with Crippen LogP contribution in [0.4, 0.5) is 8.78 Å². The number of carbonyl (C=O) groups is 1. The summed E-state index contributed by atoms with van der Waals surface area (Å²) in [5, 5.41) is 0.572. The SMILES string of the molecule is CC[C@@H](CC(=O)c1ccc(OC)nc1)C1CCC(c2ccnc3c(F)cc(F)cc23)CC1. The lowest BCUT2D eigenvalue weighted by molar-refractivity contribution is 0.0925. The van der Waals surface area contributed by atoms with Gasteiger partial charge in [-0.3, -0.25) is 9.78 Å². The van der Waals surface area contributed by atoms with Crippen molar-refractivity contribution in [2.75, 3.05) is 7.11 Å². The van der Waals surface area contributed by atoms with Gasteiger partial charge in [0.05, 0.1) is 7.11 Å². The number of pyridine rings is 2. The summed E-state index contributed by atoms with van der Waals surface area (Å²) in [4.78, 5) is 21.1. The number of ketones is 1.